The van der Waals surface area contributed by atoms with Gasteiger partial charge in [-0.15, -0.1) is 0 Å². The third kappa shape index (κ3) is 6.33. The number of carbonyl (C=O) groups is 2. The Hall–Kier alpha value is -3.37. The number of hydrogen-bond donors (Lipinski definition) is 0. The number of nitriles is 1. The van der Waals surface area contributed by atoms with Gasteiger partial charge >= 0.3 is 11.9 Å². The first-order valence-electron chi connectivity index (χ1n) is 10.8. The van der Waals surface area contributed by atoms with E-state index in [1.807, 2.05) is 20.0 Å². The third-order valence-electron chi connectivity index (χ3n) is 5.86. The Bertz CT molecular complexity index is 997. The molecule has 7 nitrogen and oxygen atoms in total. The van der Waals surface area contributed by atoms with Crippen LogP contribution in [0.2, 0.25) is 0 Å². The van der Waals surface area contributed by atoms with Crippen LogP contribution in [0.15, 0.2) is 42.5 Å². The van der Waals surface area contributed by atoms with Crippen molar-refractivity contribution < 1.29 is 23.8 Å². The molecule has 0 radical (unpaired) electrons. The molecule has 176 valence electrons. The highest BCUT2D eigenvalue weighted by atomic mass is 16.5. The topological polar surface area (TPSA) is 88.9 Å². The molecule has 0 amide bonds. The van der Waals surface area contributed by atoms with Crippen LogP contribution in [0.25, 0.3) is 0 Å². The predicted octanol–water partition coefficient (Wildman–Crippen LogP) is 3.68. The van der Waals surface area contributed by atoms with Gasteiger partial charge in [-0.1, -0.05) is 24.3 Å². The number of carbonyl (C=O) groups excluding carboxylic acids is 2. The van der Waals surface area contributed by atoms with Gasteiger partial charge in [0.1, 0.15) is 5.75 Å². The van der Waals surface area contributed by atoms with Crippen LogP contribution >= 0.6 is 0 Å². The van der Waals surface area contributed by atoms with Crippen molar-refractivity contribution in [2.75, 3.05) is 41.5 Å². The summed E-state index contributed by atoms with van der Waals surface area (Å²) < 4.78 is 15.0. The molecule has 0 aliphatic carbocycles. The van der Waals surface area contributed by atoms with Gasteiger partial charge in [-0.2, -0.15) is 5.26 Å². The average molecular weight is 453 g/mol. The summed E-state index contributed by atoms with van der Waals surface area (Å²) >= 11 is 0. The number of hydrogen-bond acceptors (Lipinski definition) is 7. The van der Waals surface area contributed by atoms with E-state index in [1.54, 1.807) is 31.4 Å². The van der Waals surface area contributed by atoms with E-state index in [0.29, 0.717) is 24.0 Å². The van der Waals surface area contributed by atoms with Crippen LogP contribution in [0.4, 0.5) is 0 Å². The molecule has 7 heteroatoms. The number of likely N-dealkylation sites (N-methyl/N-ethyl adjacent to an activating group) is 1. The van der Waals surface area contributed by atoms with Crippen molar-refractivity contribution in [1.29, 1.82) is 5.26 Å². The monoisotopic (exact) mass is 452 g/mol. The summed E-state index contributed by atoms with van der Waals surface area (Å²) in [5.74, 6) is -0.203. The summed E-state index contributed by atoms with van der Waals surface area (Å²) in [6, 6.07) is 14.7. The normalized spacial score (nSPS) is 12.5. The summed E-state index contributed by atoms with van der Waals surface area (Å²) in [6.07, 6.45) is 1.82. The lowest BCUT2D eigenvalue weighted by atomic mass is 9.77. The molecular weight excluding hydrogens is 420 g/mol. The fraction of sp³-hybridized carbons (Fsp3) is 0.423. The van der Waals surface area contributed by atoms with Gasteiger partial charge in [-0.3, -0.25) is 0 Å². The van der Waals surface area contributed by atoms with Crippen LogP contribution < -0.4 is 4.74 Å². The highest BCUT2D eigenvalue weighted by Gasteiger charge is 2.41. The second-order valence-corrected chi connectivity index (χ2v) is 8.04. The maximum atomic E-state index is 12.7. The molecule has 0 N–H and O–H groups in total. The molecule has 0 saturated heterocycles. The number of ether oxygens (including phenoxy) is 3. The molecule has 2 aromatic rings. The Labute approximate surface area is 195 Å². The SMILES string of the molecule is COC(=O)c1ccc(C(C#N)(CCCN(C)CCc2ccc(OC)c(C)c2)C(=O)OC)cc1. The van der Waals surface area contributed by atoms with E-state index in [0.717, 1.165) is 30.8 Å². The molecule has 1 unspecified atom stereocenters. The minimum absolute atomic E-state index is 0.305. The van der Waals surface area contributed by atoms with E-state index in [-0.39, 0.29) is 0 Å². The number of rotatable bonds is 11. The Morgan fingerprint density at radius 1 is 1.03 bits per heavy atom. The minimum Gasteiger partial charge on any atom is -0.496 e. The van der Waals surface area contributed by atoms with E-state index in [4.69, 9.17) is 14.2 Å². The van der Waals surface area contributed by atoms with Crippen LogP contribution in [0.1, 0.15) is 39.9 Å². The fourth-order valence-corrected chi connectivity index (χ4v) is 3.86. The number of nitrogens with zero attached hydrogens (tertiary/aromatic N) is 2. The Balaban J connectivity index is 2.03. The van der Waals surface area contributed by atoms with Gasteiger partial charge in [0.25, 0.3) is 0 Å². The predicted molar refractivity (Wildman–Crippen MR) is 125 cm³/mol. The van der Waals surface area contributed by atoms with Crippen LogP contribution in [0.5, 0.6) is 5.75 Å². The van der Waals surface area contributed by atoms with E-state index in [2.05, 4.69) is 23.1 Å². The van der Waals surface area contributed by atoms with Crippen molar-refractivity contribution >= 4 is 11.9 Å². The first-order chi connectivity index (χ1) is 15.8. The highest BCUT2D eigenvalue weighted by Crippen LogP contribution is 2.31. The van der Waals surface area contributed by atoms with Crippen molar-refractivity contribution in [3.8, 4) is 11.8 Å². The summed E-state index contributed by atoms with van der Waals surface area (Å²) in [7, 11) is 6.27. The second-order valence-electron chi connectivity index (χ2n) is 8.04. The van der Waals surface area contributed by atoms with Gasteiger partial charge < -0.3 is 19.1 Å². The largest absolute Gasteiger partial charge is 0.496 e. The standard InChI is InChI=1S/C26H32N2O5/c1-19-17-20(7-12-23(19)31-3)13-16-28(2)15-6-14-26(18-27,25(30)33-5)22-10-8-21(9-11-22)24(29)32-4/h7-12,17H,6,13-16H2,1-5H3. The maximum Gasteiger partial charge on any atom is 0.337 e. The summed E-state index contributed by atoms with van der Waals surface area (Å²) in [5, 5.41) is 9.98. The molecule has 0 aliphatic heterocycles. The van der Waals surface area contributed by atoms with Crippen molar-refractivity contribution in [2.45, 2.75) is 31.6 Å². The number of benzene rings is 2. The quantitative estimate of drug-likeness (QED) is 0.481. The Morgan fingerprint density at radius 3 is 2.27 bits per heavy atom. The third-order valence-corrected chi connectivity index (χ3v) is 5.86. The lowest BCUT2D eigenvalue weighted by Gasteiger charge is -2.26. The summed E-state index contributed by atoms with van der Waals surface area (Å²) in [4.78, 5) is 26.5. The molecule has 0 aliphatic rings. The van der Waals surface area contributed by atoms with Crippen molar-refractivity contribution in [2.24, 2.45) is 0 Å². The Morgan fingerprint density at radius 2 is 1.73 bits per heavy atom. The van der Waals surface area contributed by atoms with E-state index >= 15 is 0 Å². The fourth-order valence-electron chi connectivity index (χ4n) is 3.86. The zero-order chi connectivity index (χ0) is 24.4. The molecule has 1 atom stereocenters. The molecule has 0 aromatic heterocycles. The van der Waals surface area contributed by atoms with Gasteiger partial charge in [0.15, 0.2) is 5.41 Å². The first kappa shape index (κ1) is 25.9. The van der Waals surface area contributed by atoms with Crippen molar-refractivity contribution in [3.63, 3.8) is 0 Å². The smallest absolute Gasteiger partial charge is 0.337 e. The average Bonchev–Trinajstić information content (AvgIpc) is 2.84. The molecule has 0 heterocycles. The van der Waals surface area contributed by atoms with Crippen molar-refractivity contribution in [1.82, 2.24) is 4.90 Å². The van der Waals surface area contributed by atoms with Crippen LogP contribution in [-0.2, 0) is 26.1 Å². The van der Waals surface area contributed by atoms with Gasteiger partial charge in [0.05, 0.1) is 33.0 Å². The molecular formula is C26H32N2O5. The zero-order valence-electron chi connectivity index (χ0n) is 20.0. The van der Waals surface area contributed by atoms with Crippen molar-refractivity contribution in [3.05, 3.63) is 64.7 Å². The Kier molecular flexibility index (Phi) is 9.43. The second kappa shape index (κ2) is 12.0. The molecule has 33 heavy (non-hydrogen) atoms. The number of aryl methyl sites for hydroxylation is 1. The minimum atomic E-state index is -1.43. The molecule has 2 rings (SSSR count). The van der Waals surface area contributed by atoms with E-state index in [9.17, 15) is 14.9 Å². The zero-order valence-corrected chi connectivity index (χ0v) is 20.0. The van der Waals surface area contributed by atoms with Gasteiger partial charge in [-0.05, 0) is 74.7 Å². The molecule has 2 aromatic carbocycles. The lowest BCUT2D eigenvalue weighted by Crippen LogP contribution is -2.36. The lowest BCUT2D eigenvalue weighted by molar-refractivity contribution is -0.145. The highest BCUT2D eigenvalue weighted by molar-refractivity contribution is 5.90. The molecule has 0 saturated carbocycles. The van der Waals surface area contributed by atoms with Gasteiger partial charge in [-0.25, -0.2) is 9.59 Å². The van der Waals surface area contributed by atoms with E-state index in [1.165, 1.54) is 19.8 Å². The van der Waals surface area contributed by atoms with Crippen LogP contribution in [-0.4, -0.2) is 58.3 Å². The number of methoxy groups -OCH3 is 3. The van der Waals surface area contributed by atoms with Gasteiger partial charge in [0, 0.05) is 6.54 Å². The molecule has 0 fully saturated rings. The maximum absolute atomic E-state index is 12.7. The van der Waals surface area contributed by atoms with E-state index < -0.39 is 17.4 Å². The van der Waals surface area contributed by atoms with Crippen LogP contribution in [0.3, 0.4) is 0 Å². The molecule has 0 spiro atoms. The molecule has 0 bridgehead atoms. The summed E-state index contributed by atoms with van der Waals surface area (Å²) in [6.45, 7) is 3.59. The summed E-state index contributed by atoms with van der Waals surface area (Å²) in [5.41, 5.74) is 1.75. The first-order valence-corrected chi connectivity index (χ1v) is 10.8. The number of esters is 2. The van der Waals surface area contributed by atoms with Gasteiger partial charge in [0.2, 0.25) is 0 Å². The van der Waals surface area contributed by atoms with Crippen LogP contribution in [0, 0.1) is 18.3 Å².